The summed E-state index contributed by atoms with van der Waals surface area (Å²) in [5.41, 5.74) is 4.05. The standard InChI is InChI=1S/C24H16N4O3/c1-28-13-20(18-9-14(12-25)5-6-22(18)28)21-11-19(17-7-8-31-24(17)27-21)23(30)26-15-3-2-4-16(29)10-15/h2-11,13,29H,1H3,(H,26,30). The molecule has 0 saturated heterocycles. The van der Waals surface area contributed by atoms with Gasteiger partial charge in [0.15, 0.2) is 0 Å². The van der Waals surface area contributed by atoms with Crippen molar-refractivity contribution >= 4 is 33.6 Å². The fraction of sp³-hybridized carbons (Fsp3) is 0.0417. The number of fused-ring (bicyclic) bond motifs is 2. The number of hydrogen-bond acceptors (Lipinski definition) is 5. The molecule has 1 amide bonds. The van der Waals surface area contributed by atoms with Gasteiger partial charge in [0, 0.05) is 41.5 Å². The van der Waals surface area contributed by atoms with Crippen LogP contribution in [0.3, 0.4) is 0 Å². The van der Waals surface area contributed by atoms with Gasteiger partial charge in [-0.2, -0.15) is 5.26 Å². The van der Waals surface area contributed by atoms with Crippen molar-refractivity contribution in [1.82, 2.24) is 9.55 Å². The quantitative estimate of drug-likeness (QED) is 0.446. The number of benzene rings is 2. The molecule has 0 saturated carbocycles. The number of phenolic OH excluding ortho intramolecular Hbond substituents is 1. The highest BCUT2D eigenvalue weighted by molar-refractivity contribution is 6.13. The molecule has 0 atom stereocenters. The van der Waals surface area contributed by atoms with Crippen molar-refractivity contribution in [2.45, 2.75) is 0 Å². The van der Waals surface area contributed by atoms with E-state index in [1.165, 1.54) is 18.4 Å². The second-order valence-electron chi connectivity index (χ2n) is 7.20. The molecule has 0 aliphatic carbocycles. The van der Waals surface area contributed by atoms with Crippen LogP contribution in [-0.2, 0) is 7.05 Å². The summed E-state index contributed by atoms with van der Waals surface area (Å²) < 4.78 is 7.46. The lowest BCUT2D eigenvalue weighted by molar-refractivity contribution is 0.102. The molecule has 150 valence electrons. The predicted molar refractivity (Wildman–Crippen MR) is 117 cm³/mol. The number of aryl methyl sites for hydroxylation is 1. The molecule has 5 aromatic rings. The van der Waals surface area contributed by atoms with Gasteiger partial charge in [0.05, 0.1) is 34.5 Å². The summed E-state index contributed by atoms with van der Waals surface area (Å²) in [6.45, 7) is 0. The third-order valence-electron chi connectivity index (χ3n) is 5.18. The average Bonchev–Trinajstić information content (AvgIpc) is 3.37. The second-order valence-corrected chi connectivity index (χ2v) is 7.20. The number of rotatable bonds is 3. The fourth-order valence-corrected chi connectivity index (χ4v) is 3.72. The summed E-state index contributed by atoms with van der Waals surface area (Å²) in [5.74, 6) is -0.288. The molecular weight excluding hydrogens is 392 g/mol. The summed E-state index contributed by atoms with van der Waals surface area (Å²) in [6.07, 6.45) is 3.41. The van der Waals surface area contributed by atoms with E-state index >= 15 is 0 Å². The van der Waals surface area contributed by atoms with Gasteiger partial charge in [-0.05, 0) is 42.5 Å². The second kappa shape index (κ2) is 7.04. The smallest absolute Gasteiger partial charge is 0.256 e. The summed E-state index contributed by atoms with van der Waals surface area (Å²) in [4.78, 5) is 17.7. The Morgan fingerprint density at radius 1 is 1.16 bits per heavy atom. The Hall–Kier alpha value is -4.57. The van der Waals surface area contributed by atoms with Crippen molar-refractivity contribution in [2.24, 2.45) is 7.05 Å². The molecule has 3 aromatic heterocycles. The Kier molecular flexibility index (Phi) is 4.19. The maximum Gasteiger partial charge on any atom is 0.256 e. The van der Waals surface area contributed by atoms with E-state index in [4.69, 9.17) is 4.42 Å². The molecule has 0 aliphatic rings. The average molecular weight is 408 g/mol. The zero-order valence-electron chi connectivity index (χ0n) is 16.5. The van der Waals surface area contributed by atoms with Crippen LogP contribution in [0.25, 0.3) is 33.3 Å². The van der Waals surface area contributed by atoms with E-state index < -0.39 is 0 Å². The van der Waals surface area contributed by atoms with Gasteiger partial charge in [0.1, 0.15) is 5.75 Å². The third kappa shape index (κ3) is 3.16. The Morgan fingerprint density at radius 3 is 2.84 bits per heavy atom. The molecule has 3 heterocycles. The van der Waals surface area contributed by atoms with Crippen LogP contribution in [0, 0.1) is 11.3 Å². The fourth-order valence-electron chi connectivity index (χ4n) is 3.72. The van der Waals surface area contributed by atoms with E-state index in [2.05, 4.69) is 16.4 Å². The van der Waals surface area contributed by atoms with Crippen LogP contribution >= 0.6 is 0 Å². The molecule has 0 bridgehead atoms. The van der Waals surface area contributed by atoms with Crippen LogP contribution in [0.4, 0.5) is 5.69 Å². The molecule has 2 aromatic carbocycles. The van der Waals surface area contributed by atoms with Gasteiger partial charge in [0.25, 0.3) is 5.91 Å². The monoisotopic (exact) mass is 408 g/mol. The minimum atomic E-state index is -0.349. The first-order valence-corrected chi connectivity index (χ1v) is 9.51. The number of nitriles is 1. The van der Waals surface area contributed by atoms with Gasteiger partial charge >= 0.3 is 0 Å². The zero-order chi connectivity index (χ0) is 21.5. The predicted octanol–water partition coefficient (Wildman–Crippen LogP) is 4.82. The van der Waals surface area contributed by atoms with Crippen LogP contribution in [0.1, 0.15) is 15.9 Å². The summed E-state index contributed by atoms with van der Waals surface area (Å²) in [7, 11) is 1.92. The van der Waals surface area contributed by atoms with Gasteiger partial charge < -0.3 is 19.4 Å². The molecule has 31 heavy (non-hydrogen) atoms. The van der Waals surface area contributed by atoms with Gasteiger partial charge in [-0.25, -0.2) is 4.98 Å². The van der Waals surface area contributed by atoms with E-state index in [-0.39, 0.29) is 11.7 Å². The van der Waals surface area contributed by atoms with Crippen LogP contribution in [-0.4, -0.2) is 20.6 Å². The Balaban J connectivity index is 1.66. The van der Waals surface area contributed by atoms with Crippen LogP contribution < -0.4 is 5.32 Å². The number of amides is 1. The Bertz CT molecular complexity index is 1520. The topological polar surface area (TPSA) is 104 Å². The number of carbonyl (C=O) groups excluding carboxylic acids is 1. The third-order valence-corrected chi connectivity index (χ3v) is 5.18. The Labute approximate surface area is 176 Å². The molecule has 7 heteroatoms. The van der Waals surface area contributed by atoms with E-state index in [9.17, 15) is 15.2 Å². The van der Waals surface area contributed by atoms with E-state index in [1.807, 2.05) is 29.9 Å². The van der Waals surface area contributed by atoms with Crippen LogP contribution in [0.5, 0.6) is 5.75 Å². The van der Waals surface area contributed by atoms with E-state index in [1.54, 1.807) is 30.3 Å². The number of nitrogens with zero attached hydrogens (tertiary/aromatic N) is 3. The van der Waals surface area contributed by atoms with Gasteiger partial charge in [0.2, 0.25) is 5.71 Å². The number of hydrogen-bond donors (Lipinski definition) is 2. The molecule has 0 spiro atoms. The lowest BCUT2D eigenvalue weighted by Crippen LogP contribution is -2.12. The number of nitrogens with one attached hydrogen (secondary N) is 1. The maximum absolute atomic E-state index is 13.1. The number of anilines is 1. The number of pyridine rings is 1. The number of aromatic nitrogens is 2. The van der Waals surface area contributed by atoms with Gasteiger partial charge in [-0.3, -0.25) is 4.79 Å². The van der Waals surface area contributed by atoms with E-state index in [0.717, 1.165) is 16.5 Å². The lowest BCUT2D eigenvalue weighted by Gasteiger charge is -2.08. The first-order chi connectivity index (χ1) is 15.0. The van der Waals surface area contributed by atoms with Crippen molar-refractivity contribution in [3.8, 4) is 23.1 Å². The minimum absolute atomic E-state index is 0.0609. The van der Waals surface area contributed by atoms with Crippen molar-refractivity contribution < 1.29 is 14.3 Å². The van der Waals surface area contributed by atoms with Crippen molar-refractivity contribution in [2.75, 3.05) is 5.32 Å². The molecule has 2 N–H and O–H groups in total. The number of carbonyl (C=O) groups is 1. The number of furan rings is 1. The molecule has 0 fully saturated rings. The highest BCUT2D eigenvalue weighted by atomic mass is 16.3. The van der Waals surface area contributed by atoms with Crippen LogP contribution in [0.2, 0.25) is 0 Å². The summed E-state index contributed by atoms with van der Waals surface area (Å²) >= 11 is 0. The molecule has 5 rings (SSSR count). The van der Waals surface area contributed by atoms with Gasteiger partial charge in [-0.15, -0.1) is 0 Å². The SMILES string of the molecule is Cn1cc(-c2cc(C(=O)Nc3cccc(O)c3)c3ccoc3n2)c2cc(C#N)ccc21. The summed E-state index contributed by atoms with van der Waals surface area (Å²) in [5, 5.41) is 23.2. The maximum atomic E-state index is 13.1. The van der Waals surface area contributed by atoms with Crippen molar-refractivity contribution in [3.05, 3.63) is 78.2 Å². The van der Waals surface area contributed by atoms with Crippen LogP contribution in [0.15, 0.2) is 71.5 Å². The highest BCUT2D eigenvalue weighted by Gasteiger charge is 2.19. The normalized spacial score (nSPS) is 11.0. The lowest BCUT2D eigenvalue weighted by atomic mass is 10.0. The van der Waals surface area contributed by atoms with Crippen molar-refractivity contribution in [1.29, 1.82) is 5.26 Å². The zero-order valence-corrected chi connectivity index (χ0v) is 16.5. The largest absolute Gasteiger partial charge is 0.508 e. The summed E-state index contributed by atoms with van der Waals surface area (Å²) in [6, 6.07) is 17.4. The molecule has 0 unspecified atom stereocenters. The van der Waals surface area contributed by atoms with Crippen molar-refractivity contribution in [3.63, 3.8) is 0 Å². The minimum Gasteiger partial charge on any atom is -0.508 e. The molecule has 0 aliphatic heterocycles. The van der Waals surface area contributed by atoms with E-state index in [0.29, 0.717) is 33.6 Å². The Morgan fingerprint density at radius 2 is 2.03 bits per heavy atom. The number of aromatic hydroxyl groups is 1. The first kappa shape index (κ1) is 18.5. The number of phenols is 1. The highest BCUT2D eigenvalue weighted by Crippen LogP contribution is 2.33. The first-order valence-electron chi connectivity index (χ1n) is 9.51. The molecule has 7 nitrogen and oxygen atoms in total. The molecule has 0 radical (unpaired) electrons. The molecular formula is C24H16N4O3. The van der Waals surface area contributed by atoms with Gasteiger partial charge in [-0.1, -0.05) is 6.07 Å².